The van der Waals surface area contributed by atoms with Gasteiger partial charge in [-0.25, -0.2) is 55.7 Å². The number of halogens is 14. The van der Waals surface area contributed by atoms with E-state index in [1.165, 1.54) is 158 Å². The number of alkyl halides is 4. The second-order valence-electron chi connectivity index (χ2n) is 32.7. The van der Waals surface area contributed by atoms with E-state index in [4.69, 9.17) is 106 Å². The Morgan fingerprint density at radius 2 is 0.614 bits per heavy atom. The van der Waals surface area contributed by atoms with Crippen molar-refractivity contribution in [3.63, 3.8) is 0 Å². The van der Waals surface area contributed by atoms with Crippen LogP contribution < -0.4 is 59.0 Å². The maximum Gasteiger partial charge on any atom is 0.251 e. The van der Waals surface area contributed by atoms with Gasteiger partial charge in [-0.1, -0.05) is 89.9 Å². The van der Waals surface area contributed by atoms with Crippen LogP contribution in [0.3, 0.4) is 0 Å². The highest BCUT2D eigenvalue weighted by Crippen LogP contribution is 2.51. The van der Waals surface area contributed by atoms with E-state index in [-0.39, 0.29) is 115 Å². The molecule has 5 heterocycles. The highest BCUT2D eigenvalue weighted by atomic mass is 79.9. The van der Waals surface area contributed by atoms with E-state index in [1.54, 1.807) is 79.9 Å². The second-order valence-corrected chi connectivity index (χ2v) is 35.9. The van der Waals surface area contributed by atoms with E-state index in [9.17, 15) is 65.5 Å². The zero-order chi connectivity index (χ0) is 101. The molecule has 38 heteroatoms. The van der Waals surface area contributed by atoms with E-state index in [1.807, 2.05) is 0 Å². The van der Waals surface area contributed by atoms with Crippen LogP contribution in [0.4, 0.5) is 30.7 Å². The molecule has 0 radical (unpaired) electrons. The first kappa shape index (κ1) is 108. The fourth-order valence-electron chi connectivity index (χ4n) is 15.3. The molecule has 2 amide bonds. The van der Waals surface area contributed by atoms with Gasteiger partial charge in [0.1, 0.15) is 141 Å². The number of hydrogen-bond acceptors (Lipinski definition) is 22. The van der Waals surface area contributed by atoms with Gasteiger partial charge in [-0.3, -0.25) is 14.4 Å². The summed E-state index contributed by atoms with van der Waals surface area (Å²) in [5, 5.41) is 51.3. The summed E-state index contributed by atoms with van der Waals surface area (Å²) in [5.74, 6) is 0.0988. The minimum atomic E-state index is -1.45. The lowest BCUT2D eigenvalue weighted by Gasteiger charge is -2.29. The lowest BCUT2D eigenvalue weighted by molar-refractivity contribution is 0.00945. The summed E-state index contributed by atoms with van der Waals surface area (Å²) in [6.07, 6.45) is 6.90. The molecule has 4 fully saturated rings. The largest absolute Gasteiger partial charge is 0.494 e. The zero-order valence-corrected chi connectivity index (χ0v) is 83.5. The summed E-state index contributed by atoms with van der Waals surface area (Å²) in [6, 6.07) is 47.4. The Labute approximate surface area is 844 Å². The monoisotopic (exact) mass is 2160 g/mol. The third kappa shape index (κ3) is 25.8. The van der Waals surface area contributed by atoms with Crippen LogP contribution in [-0.4, -0.2) is 170 Å². The zero-order valence-electron chi connectivity index (χ0n) is 76.5. The van der Waals surface area contributed by atoms with Crippen LogP contribution in [0.5, 0.6) is 51.7 Å². The highest BCUT2D eigenvalue weighted by molar-refractivity contribution is 9.09. The number of methoxy groups -OCH3 is 7. The summed E-state index contributed by atoms with van der Waals surface area (Å²) in [5.41, 5.74) is 8.52. The molecule has 0 spiro atoms. The topological polar surface area (TPSA) is 330 Å². The van der Waals surface area contributed by atoms with Crippen molar-refractivity contribution in [3.8, 4) is 108 Å². The van der Waals surface area contributed by atoms with Crippen molar-refractivity contribution in [2.75, 3.05) is 107 Å². The Bertz CT molecular complexity index is 6130. The number of aliphatic hydroxyl groups is 4. The van der Waals surface area contributed by atoms with Gasteiger partial charge in [-0.2, -0.15) is 0 Å². The summed E-state index contributed by atoms with van der Waals surface area (Å²) in [6.45, 7) is -1.65. The third-order valence-corrected chi connectivity index (χ3v) is 26.4. The van der Waals surface area contributed by atoms with E-state index < -0.39 is 76.7 Å². The lowest BCUT2D eigenvalue weighted by Crippen LogP contribution is -2.43. The fourth-order valence-corrected chi connectivity index (χ4v) is 17.2. The van der Waals surface area contributed by atoms with Crippen molar-refractivity contribution in [1.82, 2.24) is 35.6 Å². The number of rotatable bonds is 36. The van der Waals surface area contributed by atoms with Crippen molar-refractivity contribution in [2.24, 2.45) is 29.4 Å². The van der Waals surface area contributed by atoms with E-state index in [0.29, 0.717) is 130 Å². The Hall–Kier alpha value is -11.2. The van der Waals surface area contributed by atoms with Gasteiger partial charge in [0.05, 0.1) is 116 Å². The smallest absolute Gasteiger partial charge is 0.251 e. The fraction of sp³-hybridized carbons (Fsp3) is 0.314. The van der Waals surface area contributed by atoms with Gasteiger partial charge >= 0.3 is 0 Å². The van der Waals surface area contributed by atoms with E-state index in [0.717, 1.165) is 51.4 Å². The minimum Gasteiger partial charge on any atom is -0.494 e. The van der Waals surface area contributed by atoms with Gasteiger partial charge in [-0.15, -0.1) is 0 Å². The lowest BCUT2D eigenvalue weighted by atomic mass is 9.92. The molecule has 0 saturated heterocycles. The standard InChI is InChI=1S/2C27H27ClF2N2O5.C17H16BrClFNO2.C17H18ClFN2O2.C14H10BrClFNO2/c2*1-35-22-9-10-24(32-25(22)16-3-7-20(30)19(28)13-16)27(34,18-5-6-18)15-31-26(33)17-4-8-21(37-12-11-29)23(14-17)36-2;1-23-14-6-7-15(17(22,9-18)11-3-4-11)21-16(14)10-2-5-13(20)12(19)8-10;1-23-14-6-7-15(17(22,9-20)11-3-4-11)21-16(14)10-2-5-13(19)12(18)8-10;1-20-13-5-4-11(12(19)7-15)18-14(13)8-2-3-10(17)9(16)6-8/h2*3-4,7-10,13-14,18,34H,5-6,11-12,15H2,1-2H3,(H,31,33);2,5-8,11,22H,3-4,9H2,1H3;2,5-8,11,22H,3-4,9,20H2,1H3;2-6H,7H2,1H3. The molecule has 12 aromatic rings. The van der Waals surface area contributed by atoms with Gasteiger partial charge in [0.2, 0.25) is 0 Å². The summed E-state index contributed by atoms with van der Waals surface area (Å²) in [4.78, 5) is 60.3. The van der Waals surface area contributed by atoms with E-state index >= 15 is 0 Å². The van der Waals surface area contributed by atoms with Crippen LogP contribution >= 0.6 is 89.9 Å². The summed E-state index contributed by atoms with van der Waals surface area (Å²) >= 11 is 36.0. The average Bonchev–Trinajstić information content (AvgIpc) is 0.833. The molecule has 0 aliphatic heterocycles. The SMILES string of the molecule is COc1cc(C(=O)NCC(O)(c2ccc(OC)c(-c3ccc(F)c(Cl)c3)n2)C2CC2)ccc1OCCF.COc1cc(C(=O)NCC(O)(c2ccc(OC)c(-c3ccc(F)c(Cl)c3)n2)C2CC2)ccc1OCCF.COc1ccc(C(=O)CBr)nc1-c1ccc(F)c(Cl)c1.COc1ccc(C(O)(CBr)C2CC2)nc1-c1ccc(F)c(Cl)c1.COc1ccc(C(O)(CN)C2CC2)nc1-c1ccc(F)c(Cl)c1. The second kappa shape index (κ2) is 48.5. The molecule has 8 N–H and O–H groups in total. The molecule has 4 saturated carbocycles. The molecule has 16 rings (SSSR count). The molecular formula is C102H98Br2Cl5F7N8O16. The number of carbonyl (C=O) groups is 3. The van der Waals surface area contributed by atoms with Crippen LogP contribution in [-0.2, 0) is 22.4 Å². The number of Topliss-reactive ketones (excluding diaryl/α,β-unsaturated/α-hetero) is 1. The number of amides is 2. The number of benzene rings is 7. The first-order valence-electron chi connectivity index (χ1n) is 43.7. The number of nitrogens with two attached hydrogens (primary N) is 1. The van der Waals surface area contributed by atoms with Crippen LogP contribution in [0, 0.1) is 52.8 Å². The normalized spacial score (nSPS) is 14.7. The molecule has 140 heavy (non-hydrogen) atoms. The van der Waals surface area contributed by atoms with Gasteiger partial charge < -0.3 is 79.4 Å². The third-order valence-electron chi connectivity index (χ3n) is 23.6. The first-order valence-corrected chi connectivity index (χ1v) is 47.9. The molecule has 4 atom stereocenters. The van der Waals surface area contributed by atoms with Crippen LogP contribution in [0.15, 0.2) is 188 Å². The highest BCUT2D eigenvalue weighted by Gasteiger charge is 2.50. The summed E-state index contributed by atoms with van der Waals surface area (Å²) in [7, 11) is 10.4. The van der Waals surface area contributed by atoms with Crippen molar-refractivity contribution < 1.29 is 108 Å². The number of aromatic nitrogens is 5. The molecule has 5 aromatic heterocycles. The predicted molar refractivity (Wildman–Crippen MR) is 527 cm³/mol. The number of ketones is 1. The maximum atomic E-state index is 13.7. The number of ether oxygens (including phenoxy) is 9. The number of pyridine rings is 5. The Balaban J connectivity index is 0.000000160. The number of nitrogens with one attached hydrogen (secondary N) is 2. The van der Waals surface area contributed by atoms with Crippen LogP contribution in [0.25, 0.3) is 56.3 Å². The first-order chi connectivity index (χ1) is 67.1. The van der Waals surface area contributed by atoms with Gasteiger partial charge in [0, 0.05) is 50.8 Å². The average molecular weight is 2160 g/mol. The Morgan fingerprint density at radius 1 is 0.357 bits per heavy atom. The van der Waals surface area contributed by atoms with Crippen LogP contribution in [0.2, 0.25) is 25.1 Å². The van der Waals surface area contributed by atoms with Crippen molar-refractivity contribution in [3.05, 3.63) is 282 Å². The van der Waals surface area contributed by atoms with Crippen molar-refractivity contribution in [2.45, 2.75) is 73.8 Å². The van der Waals surface area contributed by atoms with Gasteiger partial charge in [0.25, 0.3) is 11.8 Å². The number of hydrogen-bond donors (Lipinski definition) is 7. The molecule has 7 aromatic carbocycles. The Kier molecular flexibility index (Phi) is 37.3. The molecule has 740 valence electrons. The number of carbonyl (C=O) groups excluding carboxylic acids is 3. The quantitative estimate of drug-likeness (QED) is 0.0109. The molecular weight excluding hydrogens is 2060 g/mol. The molecule has 4 unspecified atom stereocenters. The van der Waals surface area contributed by atoms with Gasteiger partial charge in [0.15, 0.2) is 28.8 Å². The van der Waals surface area contributed by atoms with Crippen LogP contribution in [0.1, 0.15) is 105 Å². The molecule has 4 aliphatic rings. The summed E-state index contributed by atoms with van der Waals surface area (Å²) < 4.78 is 140. The van der Waals surface area contributed by atoms with E-state index in [2.05, 4.69) is 67.4 Å². The molecule has 4 aliphatic carbocycles. The minimum absolute atomic E-state index is 0.00744. The molecule has 0 bridgehead atoms. The Morgan fingerprint density at radius 3 is 0.871 bits per heavy atom. The number of nitrogens with zero attached hydrogens (tertiary/aromatic N) is 5. The maximum absolute atomic E-state index is 13.7. The predicted octanol–water partition coefficient (Wildman–Crippen LogP) is 21.6. The van der Waals surface area contributed by atoms with Crippen molar-refractivity contribution in [1.29, 1.82) is 0 Å². The molecule has 24 nitrogen and oxygen atoms in total. The van der Waals surface area contributed by atoms with Crippen molar-refractivity contribution >= 4 is 107 Å². The van der Waals surface area contributed by atoms with Gasteiger partial charge in [-0.05, 0) is 263 Å².